The second kappa shape index (κ2) is 4.93. The van der Waals surface area contributed by atoms with Gasteiger partial charge in [0.25, 0.3) is 0 Å². The van der Waals surface area contributed by atoms with Crippen molar-refractivity contribution < 1.29 is 14.2 Å². The number of hydrogen-bond donors (Lipinski definition) is 1. The maximum atomic E-state index is 13.0. The average molecular weight is 233 g/mol. The van der Waals surface area contributed by atoms with Gasteiger partial charge in [-0.1, -0.05) is 0 Å². The second-order valence-corrected chi connectivity index (χ2v) is 3.68. The minimum Gasteiger partial charge on any atom is -0.439 e. The van der Waals surface area contributed by atoms with Crippen LogP contribution in [-0.4, -0.2) is 10.1 Å². The monoisotopic (exact) mass is 233 g/mol. The molecule has 0 atom stereocenters. The maximum Gasteiger partial charge on any atom is 0.219 e. The smallest absolute Gasteiger partial charge is 0.219 e. The van der Waals surface area contributed by atoms with E-state index in [2.05, 4.69) is 4.98 Å². The van der Waals surface area contributed by atoms with E-state index >= 15 is 0 Å². The molecule has 0 aliphatic rings. The number of halogens is 1. The molecule has 2 rings (SSSR count). The fraction of sp³-hybridized carbons (Fsp3) is 0.154. The van der Waals surface area contributed by atoms with Gasteiger partial charge in [0.1, 0.15) is 11.6 Å². The molecule has 1 N–H and O–H groups in total. The molecule has 88 valence electrons. The largest absolute Gasteiger partial charge is 0.439 e. The first-order chi connectivity index (χ1) is 8.19. The molecule has 0 spiro atoms. The third-order valence-electron chi connectivity index (χ3n) is 2.33. The molecule has 3 nitrogen and oxygen atoms in total. The number of aliphatic hydroxyl groups excluding tert-OH is 1. The lowest BCUT2D eigenvalue weighted by atomic mass is 10.2. The SMILES string of the molecule is Cc1cc(Oc2ccc(CO)cn2)ccc1F. The van der Waals surface area contributed by atoms with Gasteiger partial charge in [-0.15, -0.1) is 0 Å². The summed E-state index contributed by atoms with van der Waals surface area (Å²) in [5.41, 5.74) is 1.24. The number of pyridine rings is 1. The van der Waals surface area contributed by atoms with E-state index in [0.717, 1.165) is 0 Å². The molecule has 17 heavy (non-hydrogen) atoms. The van der Waals surface area contributed by atoms with Crippen LogP contribution in [0, 0.1) is 12.7 Å². The predicted molar refractivity (Wildman–Crippen MR) is 61.4 cm³/mol. The molecule has 0 bridgehead atoms. The van der Waals surface area contributed by atoms with Crippen LogP contribution >= 0.6 is 0 Å². The maximum absolute atomic E-state index is 13.0. The van der Waals surface area contributed by atoms with Gasteiger partial charge in [0.05, 0.1) is 6.61 Å². The van der Waals surface area contributed by atoms with Gasteiger partial charge in [-0.2, -0.15) is 0 Å². The molecule has 0 radical (unpaired) electrons. The third kappa shape index (κ3) is 2.79. The fourth-order valence-electron chi connectivity index (χ4n) is 1.37. The van der Waals surface area contributed by atoms with E-state index < -0.39 is 0 Å². The zero-order valence-corrected chi connectivity index (χ0v) is 9.35. The van der Waals surface area contributed by atoms with Crippen molar-refractivity contribution in [3.05, 3.63) is 53.5 Å². The van der Waals surface area contributed by atoms with Crippen LogP contribution in [-0.2, 0) is 6.61 Å². The van der Waals surface area contributed by atoms with E-state index in [0.29, 0.717) is 22.8 Å². The highest BCUT2D eigenvalue weighted by Crippen LogP contribution is 2.21. The minimum absolute atomic E-state index is 0.0526. The van der Waals surface area contributed by atoms with Crippen LogP contribution in [0.25, 0.3) is 0 Å². The Morgan fingerprint density at radius 2 is 2.12 bits per heavy atom. The molecule has 0 aliphatic carbocycles. The van der Waals surface area contributed by atoms with E-state index in [4.69, 9.17) is 9.84 Å². The Balaban J connectivity index is 2.16. The first kappa shape index (κ1) is 11.5. The van der Waals surface area contributed by atoms with Crippen LogP contribution in [0.4, 0.5) is 4.39 Å². The third-order valence-corrected chi connectivity index (χ3v) is 2.33. The zero-order valence-electron chi connectivity index (χ0n) is 9.35. The van der Waals surface area contributed by atoms with Crippen molar-refractivity contribution in [2.75, 3.05) is 0 Å². The highest BCUT2D eigenvalue weighted by molar-refractivity contribution is 5.32. The molecule has 0 aliphatic heterocycles. The van der Waals surface area contributed by atoms with Crippen molar-refractivity contribution >= 4 is 0 Å². The first-order valence-electron chi connectivity index (χ1n) is 5.19. The number of benzene rings is 1. The summed E-state index contributed by atoms with van der Waals surface area (Å²) in [5.74, 6) is 0.683. The lowest BCUT2D eigenvalue weighted by Gasteiger charge is -2.06. The Kier molecular flexibility index (Phi) is 3.35. The lowest BCUT2D eigenvalue weighted by Crippen LogP contribution is -1.91. The number of nitrogens with zero attached hydrogens (tertiary/aromatic N) is 1. The summed E-state index contributed by atoms with van der Waals surface area (Å²) in [6.45, 7) is 1.62. The van der Waals surface area contributed by atoms with Gasteiger partial charge in [0.15, 0.2) is 0 Å². The molecule has 0 amide bonds. The lowest BCUT2D eigenvalue weighted by molar-refractivity contribution is 0.281. The van der Waals surface area contributed by atoms with Crippen LogP contribution < -0.4 is 4.74 Å². The van der Waals surface area contributed by atoms with Gasteiger partial charge < -0.3 is 9.84 Å². The van der Waals surface area contributed by atoms with Crippen molar-refractivity contribution in [1.82, 2.24) is 4.98 Å². The van der Waals surface area contributed by atoms with E-state index in [1.807, 2.05) is 0 Å². The Bertz CT molecular complexity index is 511. The second-order valence-electron chi connectivity index (χ2n) is 3.68. The molecule has 0 unspecified atom stereocenters. The summed E-state index contributed by atoms with van der Waals surface area (Å²) >= 11 is 0. The molecule has 0 saturated carbocycles. The summed E-state index contributed by atoms with van der Waals surface area (Å²) in [6, 6.07) is 7.89. The van der Waals surface area contributed by atoms with Crippen LogP contribution in [0.3, 0.4) is 0 Å². The van der Waals surface area contributed by atoms with Crippen molar-refractivity contribution in [3.63, 3.8) is 0 Å². The van der Waals surface area contributed by atoms with Crippen LogP contribution in [0.5, 0.6) is 11.6 Å². The molecule has 0 saturated heterocycles. The molecular formula is C13H12FNO2. The summed E-state index contributed by atoms with van der Waals surface area (Å²) in [5, 5.41) is 8.86. The van der Waals surface area contributed by atoms with Gasteiger partial charge in [-0.3, -0.25) is 0 Å². The molecule has 0 fully saturated rings. The van der Waals surface area contributed by atoms with Crippen molar-refractivity contribution in [3.8, 4) is 11.6 Å². The Labute approximate surface area is 98.5 Å². The van der Waals surface area contributed by atoms with Crippen LogP contribution in [0.2, 0.25) is 0 Å². The predicted octanol–water partition coefficient (Wildman–Crippen LogP) is 2.81. The number of aliphatic hydroxyl groups is 1. The molecule has 1 aromatic carbocycles. The molecule has 2 aromatic rings. The normalized spacial score (nSPS) is 10.3. The topological polar surface area (TPSA) is 42.4 Å². The number of rotatable bonds is 3. The minimum atomic E-state index is -0.263. The number of aryl methyl sites for hydroxylation is 1. The van der Waals surface area contributed by atoms with Gasteiger partial charge in [-0.25, -0.2) is 9.37 Å². The van der Waals surface area contributed by atoms with Gasteiger partial charge in [0, 0.05) is 12.3 Å². The summed E-state index contributed by atoms with van der Waals surface area (Å²) in [4.78, 5) is 4.02. The van der Waals surface area contributed by atoms with Gasteiger partial charge >= 0.3 is 0 Å². The van der Waals surface area contributed by atoms with Crippen molar-refractivity contribution in [2.45, 2.75) is 13.5 Å². The Hall–Kier alpha value is -1.94. The Morgan fingerprint density at radius 1 is 1.29 bits per heavy atom. The van der Waals surface area contributed by atoms with Crippen molar-refractivity contribution in [2.24, 2.45) is 0 Å². The quantitative estimate of drug-likeness (QED) is 0.886. The van der Waals surface area contributed by atoms with E-state index in [1.54, 1.807) is 31.2 Å². The molecular weight excluding hydrogens is 221 g/mol. The van der Waals surface area contributed by atoms with Crippen LogP contribution in [0.15, 0.2) is 36.5 Å². The van der Waals surface area contributed by atoms with Gasteiger partial charge in [-0.05, 0) is 42.3 Å². The highest BCUT2D eigenvalue weighted by Gasteiger charge is 2.02. The zero-order chi connectivity index (χ0) is 12.3. The van der Waals surface area contributed by atoms with Gasteiger partial charge in [0.2, 0.25) is 5.88 Å². The number of aromatic nitrogens is 1. The van der Waals surface area contributed by atoms with E-state index in [-0.39, 0.29) is 12.4 Å². The van der Waals surface area contributed by atoms with Crippen LogP contribution in [0.1, 0.15) is 11.1 Å². The number of ether oxygens (including phenoxy) is 1. The van der Waals surface area contributed by atoms with Crippen molar-refractivity contribution in [1.29, 1.82) is 0 Å². The molecule has 4 heteroatoms. The fourth-order valence-corrected chi connectivity index (χ4v) is 1.37. The molecule has 1 aromatic heterocycles. The highest BCUT2D eigenvalue weighted by atomic mass is 19.1. The standard InChI is InChI=1S/C13H12FNO2/c1-9-6-11(3-4-12(9)14)17-13-5-2-10(8-16)7-15-13/h2-7,16H,8H2,1H3. The van der Waals surface area contributed by atoms with E-state index in [9.17, 15) is 4.39 Å². The average Bonchev–Trinajstić information content (AvgIpc) is 2.35. The first-order valence-corrected chi connectivity index (χ1v) is 5.19. The molecule has 1 heterocycles. The number of hydrogen-bond acceptors (Lipinski definition) is 3. The summed E-state index contributed by atoms with van der Waals surface area (Å²) < 4.78 is 18.5. The Morgan fingerprint density at radius 3 is 2.71 bits per heavy atom. The summed E-state index contributed by atoms with van der Waals surface area (Å²) in [6.07, 6.45) is 1.53. The summed E-state index contributed by atoms with van der Waals surface area (Å²) in [7, 11) is 0. The van der Waals surface area contributed by atoms with E-state index in [1.165, 1.54) is 12.3 Å².